The molecule has 3 heteroatoms. The van der Waals surface area contributed by atoms with Gasteiger partial charge in [0.05, 0.1) is 6.54 Å². The Bertz CT molecular complexity index is 290. The van der Waals surface area contributed by atoms with E-state index >= 15 is 0 Å². The molecule has 0 radical (unpaired) electrons. The quantitative estimate of drug-likeness (QED) is 0.794. The minimum absolute atomic E-state index is 0.649. The van der Waals surface area contributed by atoms with Crippen LogP contribution >= 0.6 is 0 Å². The lowest BCUT2D eigenvalue weighted by Crippen LogP contribution is -2.44. The summed E-state index contributed by atoms with van der Waals surface area (Å²) in [5.74, 6) is 2.73. The Morgan fingerprint density at radius 1 is 1.38 bits per heavy atom. The number of amidine groups is 1. The minimum Gasteiger partial charge on any atom is -0.463 e. The van der Waals surface area contributed by atoms with Gasteiger partial charge in [-0.15, -0.1) is 0 Å². The lowest BCUT2D eigenvalue weighted by Gasteiger charge is -2.31. The monoisotopic (exact) mass is 222 g/mol. The second-order valence-corrected chi connectivity index (χ2v) is 5.49. The Kier molecular flexibility index (Phi) is 2.78. The fraction of sp³-hybridized carbons (Fsp3) is 0.923. The Balaban J connectivity index is 1.67. The Labute approximate surface area is 97.7 Å². The van der Waals surface area contributed by atoms with Crippen molar-refractivity contribution in [1.82, 2.24) is 5.32 Å². The topological polar surface area (TPSA) is 33.6 Å². The molecule has 2 aliphatic carbocycles. The van der Waals surface area contributed by atoms with Gasteiger partial charge in [-0.25, -0.2) is 4.99 Å². The first-order valence-electron chi connectivity index (χ1n) is 6.82. The molecule has 90 valence electrons. The number of hydrogen-bond donors (Lipinski definition) is 1. The third-order valence-corrected chi connectivity index (χ3v) is 4.59. The average Bonchev–Trinajstić information content (AvgIpc) is 2.98. The molecule has 0 saturated heterocycles. The summed E-state index contributed by atoms with van der Waals surface area (Å²) in [5, 5.41) is 3.57. The predicted molar refractivity (Wildman–Crippen MR) is 64.4 cm³/mol. The Hall–Kier alpha value is -0.730. The molecule has 3 aliphatic rings. The van der Waals surface area contributed by atoms with E-state index in [0.29, 0.717) is 6.04 Å². The summed E-state index contributed by atoms with van der Waals surface area (Å²) in [6.45, 7) is 3.90. The van der Waals surface area contributed by atoms with E-state index in [4.69, 9.17) is 4.74 Å². The number of rotatable bonds is 3. The zero-order chi connectivity index (χ0) is 11.0. The van der Waals surface area contributed by atoms with Gasteiger partial charge in [0.2, 0.25) is 0 Å². The van der Waals surface area contributed by atoms with Crippen molar-refractivity contribution in [3.63, 3.8) is 0 Å². The maximum atomic E-state index is 5.49. The lowest BCUT2D eigenvalue weighted by molar-refractivity contribution is 0.236. The van der Waals surface area contributed by atoms with Gasteiger partial charge in [0.1, 0.15) is 6.61 Å². The van der Waals surface area contributed by atoms with Crippen LogP contribution < -0.4 is 5.32 Å². The fourth-order valence-electron chi connectivity index (χ4n) is 3.95. The molecule has 1 heterocycles. The van der Waals surface area contributed by atoms with Crippen molar-refractivity contribution < 1.29 is 4.74 Å². The SMILES string of the molecule is CCC[C@@H]1[C@@H]2CC[C@@H](C2)[C@@H]1NC1=NCCO1. The maximum Gasteiger partial charge on any atom is 0.285 e. The molecule has 2 bridgehead atoms. The predicted octanol–water partition coefficient (Wildman–Crippen LogP) is 2.18. The summed E-state index contributed by atoms with van der Waals surface area (Å²) in [6, 6.07) is 1.47. The molecule has 0 amide bonds. The number of fused-ring (bicyclic) bond motifs is 2. The maximum absolute atomic E-state index is 5.49. The Morgan fingerprint density at radius 2 is 2.25 bits per heavy atom. The first-order valence-corrected chi connectivity index (χ1v) is 6.82. The molecule has 0 aromatic heterocycles. The van der Waals surface area contributed by atoms with E-state index in [9.17, 15) is 0 Å². The van der Waals surface area contributed by atoms with Crippen LogP contribution in [0.4, 0.5) is 0 Å². The molecule has 1 aliphatic heterocycles. The zero-order valence-electron chi connectivity index (χ0n) is 10.1. The third-order valence-electron chi connectivity index (χ3n) is 4.59. The van der Waals surface area contributed by atoms with E-state index in [0.717, 1.165) is 36.9 Å². The summed E-state index contributed by atoms with van der Waals surface area (Å²) in [6.07, 6.45) is 6.98. The van der Waals surface area contributed by atoms with Crippen LogP contribution in [0.25, 0.3) is 0 Å². The van der Waals surface area contributed by atoms with Crippen LogP contribution in [0.5, 0.6) is 0 Å². The van der Waals surface area contributed by atoms with Crippen LogP contribution in [0.15, 0.2) is 4.99 Å². The summed E-state index contributed by atoms with van der Waals surface area (Å²) in [5.41, 5.74) is 0. The molecule has 3 nitrogen and oxygen atoms in total. The van der Waals surface area contributed by atoms with Gasteiger partial charge in [-0.2, -0.15) is 0 Å². The van der Waals surface area contributed by atoms with Gasteiger partial charge in [0.15, 0.2) is 0 Å². The van der Waals surface area contributed by atoms with E-state index in [1.54, 1.807) is 0 Å². The van der Waals surface area contributed by atoms with Gasteiger partial charge >= 0.3 is 0 Å². The second-order valence-electron chi connectivity index (χ2n) is 5.49. The molecule has 0 aromatic rings. The molecule has 2 fully saturated rings. The van der Waals surface area contributed by atoms with E-state index in [1.807, 2.05) is 0 Å². The van der Waals surface area contributed by atoms with Gasteiger partial charge in [-0.05, 0) is 43.4 Å². The number of nitrogens with one attached hydrogen (secondary N) is 1. The standard InChI is InChI=1S/C13H22N2O/c1-2-3-11-9-4-5-10(8-9)12(11)15-13-14-6-7-16-13/h9-12H,2-8H2,1H3,(H,14,15)/t9-,10+,11-,12+/m1/s1. The normalized spacial score (nSPS) is 40.9. The highest BCUT2D eigenvalue weighted by atomic mass is 16.5. The van der Waals surface area contributed by atoms with Crippen molar-refractivity contribution in [3.8, 4) is 0 Å². The smallest absolute Gasteiger partial charge is 0.285 e. The highest BCUT2D eigenvalue weighted by molar-refractivity contribution is 5.75. The van der Waals surface area contributed by atoms with Crippen LogP contribution in [-0.2, 0) is 4.74 Å². The molecule has 0 spiro atoms. The highest BCUT2D eigenvalue weighted by Gasteiger charge is 2.47. The molecule has 2 saturated carbocycles. The summed E-state index contributed by atoms with van der Waals surface area (Å²) < 4.78 is 5.49. The highest BCUT2D eigenvalue weighted by Crippen LogP contribution is 2.50. The van der Waals surface area contributed by atoms with Crippen LogP contribution in [0.1, 0.15) is 39.0 Å². The number of nitrogens with zero attached hydrogens (tertiary/aromatic N) is 1. The number of hydrogen-bond acceptors (Lipinski definition) is 3. The first-order chi connectivity index (χ1) is 7.88. The molecule has 1 N–H and O–H groups in total. The van der Waals surface area contributed by atoms with Crippen molar-refractivity contribution in [2.75, 3.05) is 13.2 Å². The minimum atomic E-state index is 0.649. The van der Waals surface area contributed by atoms with Crippen LogP contribution in [0.2, 0.25) is 0 Å². The van der Waals surface area contributed by atoms with Gasteiger partial charge in [-0.1, -0.05) is 13.3 Å². The molecular weight excluding hydrogens is 200 g/mol. The van der Waals surface area contributed by atoms with Crippen LogP contribution in [0.3, 0.4) is 0 Å². The summed E-state index contributed by atoms with van der Waals surface area (Å²) in [7, 11) is 0. The van der Waals surface area contributed by atoms with Crippen molar-refractivity contribution in [2.45, 2.75) is 45.1 Å². The van der Waals surface area contributed by atoms with Crippen molar-refractivity contribution in [3.05, 3.63) is 0 Å². The van der Waals surface area contributed by atoms with E-state index in [1.165, 1.54) is 32.1 Å². The van der Waals surface area contributed by atoms with E-state index in [2.05, 4.69) is 17.2 Å². The summed E-state index contributed by atoms with van der Waals surface area (Å²) in [4.78, 5) is 4.36. The van der Waals surface area contributed by atoms with E-state index < -0.39 is 0 Å². The van der Waals surface area contributed by atoms with Gasteiger partial charge in [-0.3, -0.25) is 0 Å². The van der Waals surface area contributed by atoms with Gasteiger partial charge in [0.25, 0.3) is 6.02 Å². The second kappa shape index (κ2) is 4.27. The number of ether oxygens (including phenoxy) is 1. The summed E-state index contributed by atoms with van der Waals surface area (Å²) >= 11 is 0. The van der Waals surface area contributed by atoms with Crippen molar-refractivity contribution in [1.29, 1.82) is 0 Å². The van der Waals surface area contributed by atoms with Crippen LogP contribution in [-0.4, -0.2) is 25.2 Å². The van der Waals surface area contributed by atoms with Crippen LogP contribution in [0, 0.1) is 17.8 Å². The number of aliphatic imine (C=N–C) groups is 1. The van der Waals surface area contributed by atoms with Crippen molar-refractivity contribution in [2.24, 2.45) is 22.7 Å². The largest absolute Gasteiger partial charge is 0.463 e. The zero-order valence-corrected chi connectivity index (χ0v) is 10.1. The molecule has 4 atom stereocenters. The third kappa shape index (κ3) is 1.70. The van der Waals surface area contributed by atoms with E-state index in [-0.39, 0.29) is 0 Å². The molecule has 16 heavy (non-hydrogen) atoms. The van der Waals surface area contributed by atoms with Gasteiger partial charge in [0, 0.05) is 6.04 Å². The molecular formula is C13H22N2O. The Morgan fingerprint density at radius 3 is 3.00 bits per heavy atom. The average molecular weight is 222 g/mol. The lowest BCUT2D eigenvalue weighted by atomic mass is 9.82. The van der Waals surface area contributed by atoms with Gasteiger partial charge < -0.3 is 10.1 Å². The fourth-order valence-corrected chi connectivity index (χ4v) is 3.95. The van der Waals surface area contributed by atoms with Crippen molar-refractivity contribution >= 4 is 6.02 Å². The molecule has 0 aromatic carbocycles. The molecule has 0 unspecified atom stereocenters. The molecule has 3 rings (SSSR count). The first kappa shape index (κ1) is 10.4.